The summed E-state index contributed by atoms with van der Waals surface area (Å²) in [5.74, 6) is 1.98. The van der Waals surface area contributed by atoms with Gasteiger partial charge in [0, 0.05) is 6.04 Å². The maximum atomic E-state index is 3.77. The maximum Gasteiger partial charge on any atom is 0.00953 e. The van der Waals surface area contributed by atoms with Gasteiger partial charge in [-0.15, -0.1) is 0 Å². The van der Waals surface area contributed by atoms with Crippen LogP contribution in [0.25, 0.3) is 0 Å². The van der Waals surface area contributed by atoms with E-state index in [1.807, 2.05) is 0 Å². The summed E-state index contributed by atoms with van der Waals surface area (Å²) >= 11 is 0. The number of hydrogen-bond acceptors (Lipinski definition) is 1. The Labute approximate surface area is 115 Å². The van der Waals surface area contributed by atoms with Gasteiger partial charge in [0.1, 0.15) is 0 Å². The van der Waals surface area contributed by atoms with E-state index in [0.717, 1.165) is 24.4 Å². The fraction of sp³-hybridized carbons (Fsp3) is 1.00. The molecule has 108 valence electrons. The summed E-state index contributed by atoms with van der Waals surface area (Å²) in [6.45, 7) is 8.08. The smallest absolute Gasteiger partial charge is 0.00953 e. The highest BCUT2D eigenvalue weighted by molar-refractivity contribution is 4.82. The summed E-state index contributed by atoms with van der Waals surface area (Å²) < 4.78 is 0. The molecule has 1 fully saturated rings. The molecule has 3 atom stereocenters. The Morgan fingerprint density at radius 3 is 2.56 bits per heavy atom. The fourth-order valence-corrected chi connectivity index (χ4v) is 3.63. The molecule has 18 heavy (non-hydrogen) atoms. The van der Waals surface area contributed by atoms with Crippen molar-refractivity contribution < 1.29 is 0 Å². The van der Waals surface area contributed by atoms with Crippen LogP contribution in [0.2, 0.25) is 0 Å². The van der Waals surface area contributed by atoms with Gasteiger partial charge in [0.25, 0.3) is 0 Å². The Morgan fingerprint density at radius 2 is 1.89 bits per heavy atom. The Balaban J connectivity index is 2.34. The molecule has 0 radical (unpaired) electrons. The molecule has 1 saturated carbocycles. The Morgan fingerprint density at radius 1 is 1.06 bits per heavy atom. The third-order valence-corrected chi connectivity index (χ3v) is 4.80. The van der Waals surface area contributed by atoms with Gasteiger partial charge in [0.05, 0.1) is 0 Å². The van der Waals surface area contributed by atoms with E-state index in [-0.39, 0.29) is 0 Å². The minimum Gasteiger partial charge on any atom is -0.314 e. The molecule has 0 saturated heterocycles. The van der Waals surface area contributed by atoms with Gasteiger partial charge in [-0.2, -0.15) is 0 Å². The van der Waals surface area contributed by atoms with Gasteiger partial charge in [-0.1, -0.05) is 65.7 Å². The van der Waals surface area contributed by atoms with E-state index in [1.54, 1.807) is 0 Å². The number of unbranched alkanes of at least 4 members (excludes halogenated alkanes) is 3. The first-order valence-corrected chi connectivity index (χ1v) is 8.55. The lowest BCUT2D eigenvalue weighted by Crippen LogP contribution is -2.38. The lowest BCUT2D eigenvalue weighted by molar-refractivity contribution is 0.201. The average molecular weight is 253 g/mol. The van der Waals surface area contributed by atoms with E-state index in [9.17, 15) is 0 Å². The van der Waals surface area contributed by atoms with Gasteiger partial charge in [-0.05, 0) is 37.6 Å². The third-order valence-electron chi connectivity index (χ3n) is 4.80. The molecule has 0 aliphatic heterocycles. The lowest BCUT2D eigenvalue weighted by Gasteiger charge is -2.35. The first-order valence-electron chi connectivity index (χ1n) is 8.55. The molecule has 1 rings (SSSR count). The summed E-state index contributed by atoms with van der Waals surface area (Å²) in [4.78, 5) is 0. The molecule has 1 heteroatoms. The van der Waals surface area contributed by atoms with Crippen molar-refractivity contribution in [2.45, 2.75) is 91.0 Å². The van der Waals surface area contributed by atoms with Crippen LogP contribution in [0.1, 0.15) is 85.0 Å². The summed E-state index contributed by atoms with van der Waals surface area (Å²) in [5.41, 5.74) is 0. The zero-order valence-electron chi connectivity index (χ0n) is 13.0. The van der Waals surface area contributed by atoms with Crippen molar-refractivity contribution in [3.05, 3.63) is 0 Å². The van der Waals surface area contributed by atoms with Crippen LogP contribution < -0.4 is 5.32 Å². The van der Waals surface area contributed by atoms with Crippen LogP contribution in [-0.2, 0) is 0 Å². The molecular formula is C17H35N. The van der Waals surface area contributed by atoms with Gasteiger partial charge in [-0.25, -0.2) is 0 Å². The first-order chi connectivity index (χ1) is 8.81. The van der Waals surface area contributed by atoms with Gasteiger partial charge in [0.15, 0.2) is 0 Å². The maximum absolute atomic E-state index is 3.77. The number of nitrogens with one attached hydrogen (secondary N) is 1. The predicted molar refractivity (Wildman–Crippen MR) is 82.0 cm³/mol. The second-order valence-electron chi connectivity index (χ2n) is 6.21. The Bertz CT molecular complexity index is 190. The number of rotatable bonds is 9. The minimum absolute atomic E-state index is 0.807. The monoisotopic (exact) mass is 253 g/mol. The van der Waals surface area contributed by atoms with E-state index < -0.39 is 0 Å². The van der Waals surface area contributed by atoms with Crippen molar-refractivity contribution in [3.63, 3.8) is 0 Å². The largest absolute Gasteiger partial charge is 0.314 e. The van der Waals surface area contributed by atoms with Crippen molar-refractivity contribution in [1.29, 1.82) is 0 Å². The van der Waals surface area contributed by atoms with E-state index in [1.165, 1.54) is 64.2 Å². The topological polar surface area (TPSA) is 12.0 Å². The van der Waals surface area contributed by atoms with Gasteiger partial charge < -0.3 is 5.32 Å². The van der Waals surface area contributed by atoms with E-state index in [0.29, 0.717) is 0 Å². The Hall–Kier alpha value is -0.0400. The van der Waals surface area contributed by atoms with Crippen LogP contribution >= 0.6 is 0 Å². The van der Waals surface area contributed by atoms with Crippen LogP contribution in [0.3, 0.4) is 0 Å². The highest BCUT2D eigenvalue weighted by Crippen LogP contribution is 2.34. The zero-order valence-corrected chi connectivity index (χ0v) is 13.0. The molecular weight excluding hydrogens is 218 g/mol. The molecule has 0 heterocycles. The molecule has 3 unspecified atom stereocenters. The van der Waals surface area contributed by atoms with Crippen LogP contribution in [0.4, 0.5) is 0 Å². The summed E-state index contributed by atoms with van der Waals surface area (Å²) in [6, 6.07) is 0.807. The van der Waals surface area contributed by atoms with E-state index in [4.69, 9.17) is 0 Å². The SMILES string of the molecule is CCCCCCC(NCC)C1CCCC(CC)C1. The third kappa shape index (κ3) is 5.73. The summed E-state index contributed by atoms with van der Waals surface area (Å²) in [6.07, 6.45) is 14.4. The summed E-state index contributed by atoms with van der Waals surface area (Å²) in [5, 5.41) is 3.77. The van der Waals surface area contributed by atoms with Crippen LogP contribution in [-0.4, -0.2) is 12.6 Å². The molecule has 1 aliphatic rings. The van der Waals surface area contributed by atoms with Gasteiger partial charge in [-0.3, -0.25) is 0 Å². The van der Waals surface area contributed by atoms with Crippen LogP contribution in [0.5, 0.6) is 0 Å². The van der Waals surface area contributed by atoms with Gasteiger partial charge in [0.2, 0.25) is 0 Å². The molecule has 0 aromatic rings. The molecule has 0 aromatic carbocycles. The zero-order chi connectivity index (χ0) is 13.2. The molecule has 1 nitrogen and oxygen atoms in total. The molecule has 1 N–H and O–H groups in total. The fourth-order valence-electron chi connectivity index (χ4n) is 3.63. The normalized spacial score (nSPS) is 26.2. The molecule has 0 amide bonds. The molecule has 0 spiro atoms. The second-order valence-corrected chi connectivity index (χ2v) is 6.21. The second kappa shape index (κ2) is 9.83. The van der Waals surface area contributed by atoms with Crippen LogP contribution in [0, 0.1) is 11.8 Å². The number of hydrogen-bond donors (Lipinski definition) is 1. The Kier molecular flexibility index (Phi) is 8.75. The van der Waals surface area contributed by atoms with Crippen molar-refractivity contribution in [1.82, 2.24) is 5.32 Å². The van der Waals surface area contributed by atoms with Gasteiger partial charge >= 0.3 is 0 Å². The van der Waals surface area contributed by atoms with E-state index >= 15 is 0 Å². The van der Waals surface area contributed by atoms with Crippen molar-refractivity contribution in [3.8, 4) is 0 Å². The predicted octanol–water partition coefficient (Wildman–Crippen LogP) is 5.15. The average Bonchev–Trinajstić information content (AvgIpc) is 2.42. The highest BCUT2D eigenvalue weighted by atomic mass is 14.9. The first kappa shape index (κ1) is 16.0. The lowest BCUT2D eigenvalue weighted by atomic mass is 9.75. The highest BCUT2D eigenvalue weighted by Gasteiger charge is 2.26. The standard InChI is InChI=1S/C17H35N/c1-4-7-8-9-13-17(18-6-3)16-12-10-11-15(5-2)14-16/h15-18H,4-14H2,1-3H3. The van der Waals surface area contributed by atoms with Crippen LogP contribution in [0.15, 0.2) is 0 Å². The summed E-state index contributed by atoms with van der Waals surface area (Å²) in [7, 11) is 0. The van der Waals surface area contributed by atoms with Crippen molar-refractivity contribution in [2.24, 2.45) is 11.8 Å². The van der Waals surface area contributed by atoms with Crippen molar-refractivity contribution >= 4 is 0 Å². The molecule has 0 bridgehead atoms. The molecule has 0 aromatic heterocycles. The quantitative estimate of drug-likeness (QED) is 0.560. The van der Waals surface area contributed by atoms with E-state index in [2.05, 4.69) is 26.1 Å². The minimum atomic E-state index is 0.807. The molecule has 1 aliphatic carbocycles. The van der Waals surface area contributed by atoms with Crippen molar-refractivity contribution in [2.75, 3.05) is 6.54 Å².